The van der Waals surface area contributed by atoms with Crippen LogP contribution in [0.5, 0.6) is 5.88 Å². The van der Waals surface area contributed by atoms with Crippen molar-refractivity contribution in [1.82, 2.24) is 9.78 Å². The summed E-state index contributed by atoms with van der Waals surface area (Å²) >= 11 is 0. The molecule has 0 spiro atoms. The minimum atomic E-state index is -0.170. The van der Waals surface area contributed by atoms with Crippen molar-refractivity contribution in [3.63, 3.8) is 0 Å². The fourth-order valence-electron chi connectivity index (χ4n) is 1.59. The second-order valence-corrected chi connectivity index (χ2v) is 4.76. The third-order valence-corrected chi connectivity index (χ3v) is 2.99. The van der Waals surface area contributed by atoms with Gasteiger partial charge in [-0.05, 0) is 20.8 Å². The highest BCUT2D eigenvalue weighted by Gasteiger charge is 2.18. The molecule has 1 aromatic rings. The van der Waals surface area contributed by atoms with Crippen molar-refractivity contribution >= 4 is 0 Å². The molecule has 0 aliphatic rings. The van der Waals surface area contributed by atoms with Crippen LogP contribution in [-0.4, -0.2) is 29.1 Å². The van der Waals surface area contributed by atoms with Crippen LogP contribution < -0.4 is 10.5 Å². The van der Waals surface area contributed by atoms with E-state index in [1.807, 2.05) is 27.8 Å². The number of nitrogens with two attached hydrogens (primary N) is 1. The largest absolute Gasteiger partial charge is 0.477 e. The third-order valence-electron chi connectivity index (χ3n) is 2.99. The summed E-state index contributed by atoms with van der Waals surface area (Å²) in [7, 11) is 3.57. The molecule has 0 saturated heterocycles. The third kappa shape index (κ3) is 3.44. The Hall–Kier alpha value is -1.07. The van der Waals surface area contributed by atoms with Gasteiger partial charge in [0.2, 0.25) is 5.88 Å². The Bertz CT molecular complexity index is 372. The summed E-state index contributed by atoms with van der Waals surface area (Å²) in [6.07, 6.45) is 0.817. The summed E-state index contributed by atoms with van der Waals surface area (Å²) in [5.41, 5.74) is 7.42. The number of rotatable bonds is 6. The van der Waals surface area contributed by atoms with Crippen molar-refractivity contribution in [3.8, 4) is 5.88 Å². The first-order chi connectivity index (χ1) is 7.91. The molecule has 0 aromatic carbocycles. The average molecular weight is 241 g/mol. The zero-order valence-corrected chi connectivity index (χ0v) is 11.4. The first-order valence-electron chi connectivity index (χ1n) is 5.81. The lowest BCUT2D eigenvalue weighted by molar-refractivity contribution is 0.00465. The van der Waals surface area contributed by atoms with E-state index in [-0.39, 0.29) is 5.60 Å². The van der Waals surface area contributed by atoms with E-state index >= 15 is 0 Å². The SMILES string of the molecule is COC(C)(C)CCOc1c(CN)c(C)nn1C. The van der Waals surface area contributed by atoms with Crippen molar-refractivity contribution in [2.45, 2.75) is 39.3 Å². The normalized spacial score (nSPS) is 11.9. The van der Waals surface area contributed by atoms with Gasteiger partial charge in [0.1, 0.15) is 0 Å². The van der Waals surface area contributed by atoms with Crippen molar-refractivity contribution < 1.29 is 9.47 Å². The molecular weight excluding hydrogens is 218 g/mol. The molecule has 2 N–H and O–H groups in total. The number of nitrogens with zero attached hydrogens (tertiary/aromatic N) is 2. The summed E-state index contributed by atoms with van der Waals surface area (Å²) in [6.45, 7) is 7.05. The molecule has 1 aromatic heterocycles. The molecule has 0 fully saturated rings. The van der Waals surface area contributed by atoms with Crippen LogP contribution in [0.15, 0.2) is 0 Å². The lowest BCUT2D eigenvalue weighted by atomic mass is 10.1. The zero-order valence-electron chi connectivity index (χ0n) is 11.4. The minimum Gasteiger partial charge on any atom is -0.477 e. The van der Waals surface area contributed by atoms with E-state index in [4.69, 9.17) is 15.2 Å². The molecule has 5 nitrogen and oxygen atoms in total. The van der Waals surface area contributed by atoms with Crippen LogP contribution in [-0.2, 0) is 18.3 Å². The molecule has 0 unspecified atom stereocenters. The lowest BCUT2D eigenvalue weighted by Crippen LogP contribution is -2.25. The van der Waals surface area contributed by atoms with Crippen LogP contribution in [0, 0.1) is 6.92 Å². The van der Waals surface area contributed by atoms with E-state index in [0.717, 1.165) is 23.6 Å². The standard InChI is InChI=1S/C12H23N3O2/c1-9-10(8-13)11(15(4)14-9)17-7-6-12(2,3)16-5/h6-8,13H2,1-5H3. The van der Waals surface area contributed by atoms with Gasteiger partial charge in [0.05, 0.1) is 23.5 Å². The first-order valence-corrected chi connectivity index (χ1v) is 5.81. The molecule has 98 valence electrons. The maximum atomic E-state index is 5.76. The van der Waals surface area contributed by atoms with Crippen molar-refractivity contribution in [1.29, 1.82) is 0 Å². The Morgan fingerprint density at radius 1 is 1.41 bits per heavy atom. The van der Waals surface area contributed by atoms with Gasteiger partial charge in [0, 0.05) is 27.1 Å². The van der Waals surface area contributed by atoms with E-state index in [1.54, 1.807) is 11.8 Å². The predicted octanol–water partition coefficient (Wildman–Crippen LogP) is 1.38. The molecule has 0 atom stereocenters. The Labute approximate surface area is 103 Å². The highest BCUT2D eigenvalue weighted by Crippen LogP contribution is 2.22. The van der Waals surface area contributed by atoms with E-state index < -0.39 is 0 Å². The van der Waals surface area contributed by atoms with Gasteiger partial charge in [-0.25, -0.2) is 4.68 Å². The van der Waals surface area contributed by atoms with Crippen LogP contribution >= 0.6 is 0 Å². The Morgan fingerprint density at radius 3 is 2.59 bits per heavy atom. The topological polar surface area (TPSA) is 62.3 Å². The zero-order chi connectivity index (χ0) is 13.1. The maximum absolute atomic E-state index is 5.76. The highest BCUT2D eigenvalue weighted by molar-refractivity contribution is 5.30. The second-order valence-electron chi connectivity index (χ2n) is 4.76. The van der Waals surface area contributed by atoms with Crippen LogP contribution in [0.1, 0.15) is 31.5 Å². The predicted molar refractivity (Wildman–Crippen MR) is 67.0 cm³/mol. The van der Waals surface area contributed by atoms with E-state index in [0.29, 0.717) is 13.2 Å². The summed E-state index contributed by atoms with van der Waals surface area (Å²) in [4.78, 5) is 0. The molecule has 5 heteroatoms. The summed E-state index contributed by atoms with van der Waals surface area (Å²) < 4.78 is 12.8. The van der Waals surface area contributed by atoms with Gasteiger partial charge in [-0.2, -0.15) is 5.10 Å². The minimum absolute atomic E-state index is 0.170. The molecule has 0 bridgehead atoms. The van der Waals surface area contributed by atoms with Gasteiger partial charge in [-0.15, -0.1) is 0 Å². The smallest absolute Gasteiger partial charge is 0.216 e. The molecule has 1 heterocycles. The van der Waals surface area contributed by atoms with Gasteiger partial charge in [-0.1, -0.05) is 0 Å². The number of ether oxygens (including phenoxy) is 2. The van der Waals surface area contributed by atoms with Crippen LogP contribution in [0.4, 0.5) is 0 Å². The monoisotopic (exact) mass is 241 g/mol. The molecule has 0 aliphatic carbocycles. The Morgan fingerprint density at radius 2 is 2.06 bits per heavy atom. The number of hydrogen-bond acceptors (Lipinski definition) is 4. The van der Waals surface area contributed by atoms with Crippen molar-refractivity contribution in [2.75, 3.05) is 13.7 Å². The van der Waals surface area contributed by atoms with Crippen LogP contribution in [0.3, 0.4) is 0 Å². The van der Waals surface area contributed by atoms with Gasteiger partial charge >= 0.3 is 0 Å². The van der Waals surface area contributed by atoms with Crippen LogP contribution in [0.2, 0.25) is 0 Å². The number of aryl methyl sites for hydroxylation is 2. The van der Waals surface area contributed by atoms with Gasteiger partial charge < -0.3 is 15.2 Å². The second kappa shape index (κ2) is 5.51. The number of methoxy groups -OCH3 is 1. The lowest BCUT2D eigenvalue weighted by Gasteiger charge is -2.22. The quantitative estimate of drug-likeness (QED) is 0.817. The van der Waals surface area contributed by atoms with Crippen molar-refractivity contribution in [3.05, 3.63) is 11.3 Å². The summed E-state index contributed by atoms with van der Waals surface area (Å²) in [6, 6.07) is 0. The van der Waals surface area contributed by atoms with Gasteiger partial charge in [0.25, 0.3) is 0 Å². The van der Waals surface area contributed by atoms with Gasteiger partial charge in [-0.3, -0.25) is 0 Å². The number of hydrogen-bond donors (Lipinski definition) is 1. The molecule has 17 heavy (non-hydrogen) atoms. The molecular formula is C12H23N3O2. The average Bonchev–Trinajstić information content (AvgIpc) is 2.53. The first kappa shape index (κ1) is 14.0. The summed E-state index contributed by atoms with van der Waals surface area (Å²) in [5.74, 6) is 0.761. The highest BCUT2D eigenvalue weighted by atomic mass is 16.5. The Balaban J connectivity index is 2.63. The molecule has 1 rings (SSSR count). The van der Waals surface area contributed by atoms with Crippen molar-refractivity contribution in [2.24, 2.45) is 12.8 Å². The van der Waals surface area contributed by atoms with Crippen LogP contribution in [0.25, 0.3) is 0 Å². The fourth-order valence-corrected chi connectivity index (χ4v) is 1.59. The van der Waals surface area contributed by atoms with E-state index in [9.17, 15) is 0 Å². The summed E-state index contributed by atoms with van der Waals surface area (Å²) in [5, 5.41) is 4.30. The molecule has 0 aliphatic heterocycles. The van der Waals surface area contributed by atoms with Gasteiger partial charge in [0.15, 0.2) is 0 Å². The van der Waals surface area contributed by atoms with E-state index in [1.165, 1.54) is 0 Å². The molecule has 0 amide bonds. The Kier molecular flexibility index (Phi) is 4.54. The van der Waals surface area contributed by atoms with E-state index in [2.05, 4.69) is 5.10 Å². The maximum Gasteiger partial charge on any atom is 0.216 e. The molecule has 0 radical (unpaired) electrons. The number of aromatic nitrogens is 2. The molecule has 0 saturated carbocycles. The fraction of sp³-hybridized carbons (Fsp3) is 0.750.